The van der Waals surface area contributed by atoms with Crippen molar-refractivity contribution in [1.29, 1.82) is 0 Å². The zero-order chi connectivity index (χ0) is 5.66. The third-order valence-electron chi connectivity index (χ3n) is 1.000. The van der Waals surface area contributed by atoms with Crippen LogP contribution in [0, 0.1) is 0 Å². The van der Waals surface area contributed by atoms with E-state index in [1.807, 2.05) is 0 Å². The molecule has 1 heterocycles. The molecule has 0 bridgehead atoms. The van der Waals surface area contributed by atoms with Crippen LogP contribution in [0.1, 0.15) is 0 Å². The molecular formula is C4H14Cl2N4. The van der Waals surface area contributed by atoms with Gasteiger partial charge >= 0.3 is 0 Å². The molecule has 0 aromatic heterocycles. The van der Waals surface area contributed by atoms with Gasteiger partial charge in [0.15, 0.2) is 0 Å². The van der Waals surface area contributed by atoms with E-state index < -0.39 is 0 Å². The van der Waals surface area contributed by atoms with E-state index in [1.165, 1.54) is 0 Å². The molecule has 1 aliphatic heterocycles. The van der Waals surface area contributed by atoms with Crippen LogP contribution < -0.4 is 21.7 Å². The molecule has 64 valence electrons. The van der Waals surface area contributed by atoms with Crippen molar-refractivity contribution in [3.8, 4) is 0 Å². The normalized spacial score (nSPS) is 19.2. The SMILES string of the molecule is C1CNNCCNN1.Cl.Cl. The second kappa shape index (κ2) is 9.42. The van der Waals surface area contributed by atoms with Gasteiger partial charge in [0, 0.05) is 26.2 Å². The molecule has 0 amide bonds. The number of nitrogens with one attached hydrogen (secondary N) is 4. The summed E-state index contributed by atoms with van der Waals surface area (Å²) in [5.74, 6) is 0. The predicted molar refractivity (Wildman–Crippen MR) is 46.5 cm³/mol. The fraction of sp³-hybridized carbons (Fsp3) is 1.00. The lowest BCUT2D eigenvalue weighted by atomic mass is 10.6. The van der Waals surface area contributed by atoms with E-state index in [-0.39, 0.29) is 24.8 Å². The van der Waals surface area contributed by atoms with Crippen LogP contribution in [0.2, 0.25) is 0 Å². The Balaban J connectivity index is 0. The Kier molecular flexibility index (Phi) is 12.3. The average molecular weight is 189 g/mol. The largest absolute Gasteiger partial charge is 0.256 e. The quantitative estimate of drug-likeness (QED) is 0.396. The lowest BCUT2D eigenvalue weighted by Crippen LogP contribution is -2.49. The zero-order valence-electron chi connectivity index (χ0n) is 5.64. The predicted octanol–water partition coefficient (Wildman–Crippen LogP) is -0.968. The van der Waals surface area contributed by atoms with Gasteiger partial charge in [0.25, 0.3) is 0 Å². The van der Waals surface area contributed by atoms with Crippen LogP contribution in [0.25, 0.3) is 0 Å². The molecule has 6 heteroatoms. The monoisotopic (exact) mass is 188 g/mol. The van der Waals surface area contributed by atoms with Gasteiger partial charge in [0.2, 0.25) is 0 Å². The van der Waals surface area contributed by atoms with Crippen molar-refractivity contribution in [2.24, 2.45) is 0 Å². The van der Waals surface area contributed by atoms with Crippen LogP contribution in [0.5, 0.6) is 0 Å². The molecule has 4 nitrogen and oxygen atoms in total. The van der Waals surface area contributed by atoms with Gasteiger partial charge in [-0.15, -0.1) is 24.8 Å². The molecule has 4 N–H and O–H groups in total. The third kappa shape index (κ3) is 6.54. The van der Waals surface area contributed by atoms with Gasteiger partial charge in [0.05, 0.1) is 0 Å². The highest BCUT2D eigenvalue weighted by Gasteiger charge is 1.90. The van der Waals surface area contributed by atoms with Crippen LogP contribution in [-0.4, -0.2) is 26.2 Å². The first-order chi connectivity index (χ1) is 4.00. The van der Waals surface area contributed by atoms with Crippen molar-refractivity contribution in [2.45, 2.75) is 0 Å². The molecule has 0 radical (unpaired) electrons. The second-order valence-electron chi connectivity index (χ2n) is 1.71. The van der Waals surface area contributed by atoms with Crippen molar-refractivity contribution in [1.82, 2.24) is 21.7 Å². The molecule has 1 saturated heterocycles. The Morgan fingerprint density at radius 2 is 0.700 bits per heavy atom. The van der Waals surface area contributed by atoms with Crippen LogP contribution in [-0.2, 0) is 0 Å². The summed E-state index contributed by atoms with van der Waals surface area (Å²) in [5.41, 5.74) is 12.1. The van der Waals surface area contributed by atoms with Gasteiger partial charge in [-0.2, -0.15) is 0 Å². The molecule has 1 aliphatic rings. The summed E-state index contributed by atoms with van der Waals surface area (Å²) < 4.78 is 0. The number of hydrogen-bond acceptors (Lipinski definition) is 4. The van der Waals surface area contributed by atoms with Crippen molar-refractivity contribution < 1.29 is 0 Å². The molecule has 1 fully saturated rings. The molecular weight excluding hydrogens is 175 g/mol. The minimum atomic E-state index is 0. The smallest absolute Gasteiger partial charge is 0.0239 e. The highest BCUT2D eigenvalue weighted by atomic mass is 35.5. The van der Waals surface area contributed by atoms with Gasteiger partial charge < -0.3 is 0 Å². The van der Waals surface area contributed by atoms with Crippen molar-refractivity contribution >= 4 is 24.8 Å². The van der Waals surface area contributed by atoms with Crippen molar-refractivity contribution in [2.75, 3.05) is 26.2 Å². The Labute approximate surface area is 73.3 Å². The molecule has 0 aromatic carbocycles. The molecule has 10 heavy (non-hydrogen) atoms. The first kappa shape index (κ1) is 13.0. The Morgan fingerprint density at radius 1 is 0.500 bits per heavy atom. The van der Waals surface area contributed by atoms with E-state index >= 15 is 0 Å². The topological polar surface area (TPSA) is 48.1 Å². The summed E-state index contributed by atoms with van der Waals surface area (Å²) in [6.07, 6.45) is 0. The maximum atomic E-state index is 3.03. The van der Waals surface area contributed by atoms with Gasteiger partial charge in [-0.05, 0) is 0 Å². The number of hydrogen-bond donors (Lipinski definition) is 4. The molecule has 0 spiro atoms. The summed E-state index contributed by atoms with van der Waals surface area (Å²) in [6, 6.07) is 0. The maximum absolute atomic E-state index is 3.03. The molecule has 0 aliphatic carbocycles. The van der Waals surface area contributed by atoms with E-state index in [0.29, 0.717) is 0 Å². The highest BCUT2D eigenvalue weighted by molar-refractivity contribution is 5.85. The van der Waals surface area contributed by atoms with E-state index in [0.717, 1.165) is 26.2 Å². The zero-order valence-corrected chi connectivity index (χ0v) is 7.28. The fourth-order valence-corrected chi connectivity index (χ4v) is 0.604. The summed E-state index contributed by atoms with van der Waals surface area (Å²) in [4.78, 5) is 0. The van der Waals surface area contributed by atoms with E-state index in [2.05, 4.69) is 21.7 Å². The molecule has 1 rings (SSSR count). The molecule has 0 aromatic rings. The van der Waals surface area contributed by atoms with Crippen LogP contribution in [0.4, 0.5) is 0 Å². The maximum Gasteiger partial charge on any atom is 0.0239 e. The van der Waals surface area contributed by atoms with E-state index in [9.17, 15) is 0 Å². The summed E-state index contributed by atoms with van der Waals surface area (Å²) in [7, 11) is 0. The first-order valence-corrected chi connectivity index (χ1v) is 2.91. The Bertz CT molecular complexity index is 39.2. The lowest BCUT2D eigenvalue weighted by Gasteiger charge is -2.13. The van der Waals surface area contributed by atoms with E-state index in [1.54, 1.807) is 0 Å². The second-order valence-corrected chi connectivity index (χ2v) is 1.71. The van der Waals surface area contributed by atoms with Crippen molar-refractivity contribution in [3.05, 3.63) is 0 Å². The number of rotatable bonds is 0. The van der Waals surface area contributed by atoms with Crippen LogP contribution in [0.15, 0.2) is 0 Å². The van der Waals surface area contributed by atoms with Gasteiger partial charge in [0.1, 0.15) is 0 Å². The van der Waals surface area contributed by atoms with Crippen LogP contribution in [0.3, 0.4) is 0 Å². The highest BCUT2D eigenvalue weighted by Crippen LogP contribution is 1.58. The Morgan fingerprint density at radius 3 is 0.900 bits per heavy atom. The average Bonchev–Trinajstić information content (AvgIpc) is 1.62. The van der Waals surface area contributed by atoms with Gasteiger partial charge in [-0.25, -0.2) is 0 Å². The molecule has 0 atom stereocenters. The van der Waals surface area contributed by atoms with Gasteiger partial charge in [-0.1, -0.05) is 0 Å². The van der Waals surface area contributed by atoms with Crippen molar-refractivity contribution in [3.63, 3.8) is 0 Å². The summed E-state index contributed by atoms with van der Waals surface area (Å²) >= 11 is 0. The standard InChI is InChI=1S/C4H12N4.2ClH/c1-2-6-8-4-3-7-5-1;;/h5-8H,1-4H2;2*1H. The molecule has 0 saturated carbocycles. The first-order valence-electron chi connectivity index (χ1n) is 2.91. The minimum Gasteiger partial charge on any atom is -0.256 e. The summed E-state index contributed by atoms with van der Waals surface area (Å²) in [5, 5.41) is 0. The summed E-state index contributed by atoms with van der Waals surface area (Å²) in [6.45, 7) is 3.86. The fourth-order valence-electron chi connectivity index (χ4n) is 0.604. The van der Waals surface area contributed by atoms with Gasteiger partial charge in [-0.3, -0.25) is 21.7 Å². The number of halogens is 2. The Hall–Kier alpha value is 0.420. The minimum absolute atomic E-state index is 0. The van der Waals surface area contributed by atoms with E-state index in [4.69, 9.17) is 0 Å². The molecule has 0 unspecified atom stereocenters. The number of hydrazine groups is 2. The third-order valence-corrected chi connectivity index (χ3v) is 1.000. The lowest BCUT2D eigenvalue weighted by molar-refractivity contribution is 0.423. The van der Waals surface area contributed by atoms with Crippen LogP contribution >= 0.6 is 24.8 Å².